The number of carbonyl (C=O) groups excluding carboxylic acids is 2. The lowest BCUT2D eigenvalue weighted by atomic mass is 10.2. The van der Waals surface area contributed by atoms with Crippen molar-refractivity contribution in [2.45, 2.75) is 43.5 Å². The van der Waals surface area contributed by atoms with Gasteiger partial charge in [-0.1, -0.05) is 31.0 Å². The van der Waals surface area contributed by atoms with Gasteiger partial charge in [0.2, 0.25) is 15.9 Å². The molecule has 0 radical (unpaired) electrons. The quantitative estimate of drug-likeness (QED) is 0.714. The van der Waals surface area contributed by atoms with Crippen molar-refractivity contribution in [2.24, 2.45) is 0 Å². The standard InChI is InChI=1S/C22H25N3O5S/c1-15-6-2-5-9-18(15)23-21(26)13-25-19-12-17(10-11-20(19)30-14-22(25)27)31(28,29)24-16-7-3-4-8-16/h2,5-6,9-12,16,24H,3-4,7-8,13-14H2,1H3,(H,23,26). The minimum atomic E-state index is -3.74. The molecule has 2 amide bonds. The van der Waals surface area contributed by atoms with E-state index in [0.717, 1.165) is 31.2 Å². The van der Waals surface area contributed by atoms with E-state index < -0.39 is 15.9 Å². The Hall–Kier alpha value is -2.91. The van der Waals surface area contributed by atoms with E-state index in [2.05, 4.69) is 10.0 Å². The number of carbonyl (C=O) groups is 2. The first-order valence-electron chi connectivity index (χ1n) is 10.3. The van der Waals surface area contributed by atoms with Crippen LogP contribution in [0.25, 0.3) is 0 Å². The van der Waals surface area contributed by atoms with Crippen LogP contribution in [0.4, 0.5) is 11.4 Å². The molecule has 164 valence electrons. The maximum atomic E-state index is 12.8. The SMILES string of the molecule is Cc1ccccc1NC(=O)CN1C(=O)COc2ccc(S(=O)(=O)NC3CCCC3)cc21. The number of hydrogen-bond acceptors (Lipinski definition) is 5. The molecule has 2 aliphatic rings. The summed E-state index contributed by atoms with van der Waals surface area (Å²) in [6.45, 7) is 1.42. The van der Waals surface area contributed by atoms with Crippen LogP contribution in [0.5, 0.6) is 5.75 Å². The van der Waals surface area contributed by atoms with E-state index in [1.807, 2.05) is 25.1 Å². The number of anilines is 2. The largest absolute Gasteiger partial charge is 0.482 e. The molecular formula is C22H25N3O5S. The number of amides is 2. The average molecular weight is 444 g/mol. The van der Waals surface area contributed by atoms with Crippen molar-refractivity contribution in [3.8, 4) is 5.75 Å². The molecule has 1 saturated carbocycles. The van der Waals surface area contributed by atoms with Crippen molar-refractivity contribution in [3.05, 3.63) is 48.0 Å². The summed E-state index contributed by atoms with van der Waals surface area (Å²) in [7, 11) is -3.74. The van der Waals surface area contributed by atoms with Gasteiger partial charge in [0.25, 0.3) is 5.91 Å². The molecule has 8 nitrogen and oxygen atoms in total. The van der Waals surface area contributed by atoms with Crippen molar-refractivity contribution in [3.63, 3.8) is 0 Å². The Balaban J connectivity index is 1.56. The van der Waals surface area contributed by atoms with E-state index in [0.29, 0.717) is 11.4 Å². The fourth-order valence-corrected chi connectivity index (χ4v) is 5.22. The number of nitrogens with one attached hydrogen (secondary N) is 2. The summed E-state index contributed by atoms with van der Waals surface area (Å²) in [4.78, 5) is 26.4. The average Bonchev–Trinajstić information content (AvgIpc) is 3.24. The third-order valence-corrected chi connectivity index (χ3v) is 7.10. The maximum Gasteiger partial charge on any atom is 0.265 e. The highest BCUT2D eigenvalue weighted by molar-refractivity contribution is 7.89. The van der Waals surface area contributed by atoms with Crippen molar-refractivity contribution in [1.29, 1.82) is 0 Å². The Morgan fingerprint density at radius 2 is 1.90 bits per heavy atom. The number of hydrogen-bond donors (Lipinski definition) is 2. The van der Waals surface area contributed by atoms with Crippen LogP contribution >= 0.6 is 0 Å². The van der Waals surface area contributed by atoms with Gasteiger partial charge in [-0.25, -0.2) is 13.1 Å². The van der Waals surface area contributed by atoms with Crippen LogP contribution in [0.3, 0.4) is 0 Å². The van der Waals surface area contributed by atoms with Crippen molar-refractivity contribution in [2.75, 3.05) is 23.4 Å². The summed E-state index contributed by atoms with van der Waals surface area (Å²) in [6, 6.07) is 11.6. The number of sulfonamides is 1. The molecule has 2 aromatic carbocycles. The molecule has 0 atom stereocenters. The van der Waals surface area contributed by atoms with Crippen LogP contribution in [0.1, 0.15) is 31.2 Å². The third-order valence-electron chi connectivity index (χ3n) is 5.58. The van der Waals surface area contributed by atoms with Crippen molar-refractivity contribution < 1.29 is 22.7 Å². The number of rotatable bonds is 6. The van der Waals surface area contributed by atoms with Crippen LogP contribution in [-0.2, 0) is 19.6 Å². The number of ether oxygens (including phenoxy) is 1. The molecular weight excluding hydrogens is 418 g/mol. The fraction of sp³-hybridized carbons (Fsp3) is 0.364. The van der Waals surface area contributed by atoms with Gasteiger partial charge in [0.1, 0.15) is 12.3 Å². The number of nitrogens with zero attached hydrogens (tertiary/aromatic N) is 1. The minimum absolute atomic E-state index is 0.0424. The predicted octanol–water partition coefficient (Wildman–Crippen LogP) is 2.58. The zero-order valence-electron chi connectivity index (χ0n) is 17.3. The van der Waals surface area contributed by atoms with Gasteiger partial charge in [0.15, 0.2) is 6.61 Å². The normalized spacial score (nSPS) is 16.7. The third kappa shape index (κ3) is 4.72. The zero-order valence-corrected chi connectivity index (χ0v) is 18.1. The second-order valence-electron chi connectivity index (χ2n) is 7.86. The lowest BCUT2D eigenvalue weighted by Gasteiger charge is -2.29. The monoisotopic (exact) mass is 443 g/mol. The zero-order chi connectivity index (χ0) is 22.0. The van der Waals surface area contributed by atoms with E-state index in [-0.39, 0.29) is 35.7 Å². The van der Waals surface area contributed by atoms with Gasteiger partial charge in [-0.2, -0.15) is 0 Å². The summed E-state index contributed by atoms with van der Waals surface area (Å²) in [5.74, 6) is -0.429. The lowest BCUT2D eigenvalue weighted by Crippen LogP contribution is -2.43. The van der Waals surface area contributed by atoms with E-state index in [4.69, 9.17) is 4.74 Å². The summed E-state index contributed by atoms with van der Waals surface area (Å²) in [5, 5.41) is 2.80. The Morgan fingerprint density at radius 1 is 1.16 bits per heavy atom. The highest BCUT2D eigenvalue weighted by Crippen LogP contribution is 2.34. The van der Waals surface area contributed by atoms with E-state index >= 15 is 0 Å². The van der Waals surface area contributed by atoms with Crippen molar-refractivity contribution in [1.82, 2.24) is 4.72 Å². The van der Waals surface area contributed by atoms with Crippen LogP contribution < -0.4 is 19.7 Å². The van der Waals surface area contributed by atoms with E-state index in [9.17, 15) is 18.0 Å². The predicted molar refractivity (Wildman–Crippen MR) is 117 cm³/mol. The lowest BCUT2D eigenvalue weighted by molar-refractivity contribution is -0.123. The summed E-state index contributed by atoms with van der Waals surface area (Å²) < 4.78 is 33.8. The van der Waals surface area contributed by atoms with Gasteiger partial charge < -0.3 is 10.1 Å². The molecule has 1 fully saturated rings. The van der Waals surface area contributed by atoms with Gasteiger partial charge >= 0.3 is 0 Å². The molecule has 4 rings (SSSR count). The van der Waals surface area contributed by atoms with Crippen molar-refractivity contribution >= 4 is 33.2 Å². The second kappa shape index (κ2) is 8.68. The van der Waals surface area contributed by atoms with Gasteiger partial charge in [0, 0.05) is 11.7 Å². The van der Waals surface area contributed by atoms with E-state index in [1.165, 1.54) is 23.1 Å². The highest BCUT2D eigenvalue weighted by Gasteiger charge is 2.30. The maximum absolute atomic E-state index is 12.8. The molecule has 2 N–H and O–H groups in total. The Bertz CT molecular complexity index is 1110. The number of benzene rings is 2. The fourth-order valence-electron chi connectivity index (χ4n) is 3.90. The first-order chi connectivity index (χ1) is 14.8. The summed E-state index contributed by atoms with van der Waals surface area (Å²) in [5.41, 5.74) is 1.83. The van der Waals surface area contributed by atoms with E-state index in [1.54, 1.807) is 6.07 Å². The Kier molecular flexibility index (Phi) is 5.97. The molecule has 9 heteroatoms. The number of fused-ring (bicyclic) bond motifs is 1. The molecule has 31 heavy (non-hydrogen) atoms. The summed E-state index contributed by atoms with van der Waals surface area (Å²) >= 11 is 0. The van der Waals surface area contributed by atoms with Crippen LogP contribution in [0, 0.1) is 6.92 Å². The molecule has 0 aromatic heterocycles. The first kappa shape index (κ1) is 21.3. The number of aryl methyl sites for hydroxylation is 1. The van der Waals surface area contributed by atoms with Gasteiger partial charge in [-0.05, 0) is 49.6 Å². The first-order valence-corrected chi connectivity index (χ1v) is 11.8. The van der Waals surface area contributed by atoms with Gasteiger partial charge in [-0.15, -0.1) is 0 Å². The Labute approximate surface area is 181 Å². The minimum Gasteiger partial charge on any atom is -0.482 e. The van der Waals surface area contributed by atoms with Gasteiger partial charge in [0.05, 0.1) is 10.6 Å². The topological polar surface area (TPSA) is 105 Å². The molecule has 0 bridgehead atoms. The number of para-hydroxylation sites is 1. The molecule has 1 aliphatic carbocycles. The molecule has 2 aromatic rings. The highest BCUT2D eigenvalue weighted by atomic mass is 32.2. The van der Waals surface area contributed by atoms with Crippen LogP contribution in [0.2, 0.25) is 0 Å². The summed E-state index contributed by atoms with van der Waals surface area (Å²) in [6.07, 6.45) is 3.64. The smallest absolute Gasteiger partial charge is 0.265 e. The molecule has 0 spiro atoms. The van der Waals surface area contributed by atoms with Crippen LogP contribution in [-0.4, -0.2) is 39.4 Å². The molecule has 0 unspecified atom stereocenters. The molecule has 1 aliphatic heterocycles. The molecule has 0 saturated heterocycles. The van der Waals surface area contributed by atoms with Crippen LogP contribution in [0.15, 0.2) is 47.4 Å². The van der Waals surface area contributed by atoms with Gasteiger partial charge in [-0.3, -0.25) is 14.5 Å². The Morgan fingerprint density at radius 3 is 2.65 bits per heavy atom. The molecule has 1 heterocycles. The second-order valence-corrected chi connectivity index (χ2v) is 9.58.